The van der Waals surface area contributed by atoms with Crippen LogP contribution in [0.15, 0.2) is 48.7 Å². The minimum atomic E-state index is -0.670. The molecule has 0 aliphatic heterocycles. The van der Waals surface area contributed by atoms with Crippen LogP contribution in [0.5, 0.6) is 0 Å². The molecular formula is C19H19ClN2O. The highest BCUT2D eigenvalue weighted by atomic mass is 35.5. The second-order valence-corrected chi connectivity index (χ2v) is 6.70. The number of aromatic amines is 1. The number of nitrogens with one attached hydrogen (secondary N) is 2. The molecule has 0 saturated heterocycles. The largest absolute Gasteiger partial charge is 0.361 e. The Morgan fingerprint density at radius 2 is 1.91 bits per heavy atom. The lowest BCUT2D eigenvalue weighted by atomic mass is 9.83. The number of halogens is 1. The van der Waals surface area contributed by atoms with Crippen molar-refractivity contribution in [2.45, 2.75) is 26.2 Å². The SMILES string of the molecule is Cc1ccc(NC(=O)C(C)(C)c2c[nH]c3ccccc23)cc1Cl. The van der Waals surface area contributed by atoms with E-state index in [0.29, 0.717) is 10.7 Å². The highest BCUT2D eigenvalue weighted by Gasteiger charge is 2.32. The number of anilines is 1. The predicted octanol–water partition coefficient (Wildman–Crippen LogP) is 5.05. The molecule has 2 N–H and O–H groups in total. The first-order valence-corrected chi connectivity index (χ1v) is 7.91. The standard InChI is InChI=1S/C19H19ClN2O/c1-12-8-9-13(10-16(12)20)22-18(23)19(2,3)15-11-21-17-7-5-4-6-14(15)17/h4-11,21H,1-3H3,(H,22,23). The fourth-order valence-electron chi connectivity index (χ4n) is 2.67. The molecule has 4 heteroatoms. The second-order valence-electron chi connectivity index (χ2n) is 6.29. The van der Waals surface area contributed by atoms with Crippen LogP contribution in [0.25, 0.3) is 10.9 Å². The van der Waals surface area contributed by atoms with Crippen LogP contribution in [0.1, 0.15) is 25.0 Å². The van der Waals surface area contributed by atoms with Gasteiger partial charge in [-0.25, -0.2) is 0 Å². The summed E-state index contributed by atoms with van der Waals surface area (Å²) in [4.78, 5) is 16.0. The molecule has 23 heavy (non-hydrogen) atoms. The molecule has 0 radical (unpaired) electrons. The molecule has 3 rings (SSSR count). The zero-order valence-electron chi connectivity index (χ0n) is 13.4. The molecule has 0 atom stereocenters. The van der Waals surface area contributed by atoms with Crippen molar-refractivity contribution in [2.24, 2.45) is 0 Å². The normalized spacial score (nSPS) is 11.7. The lowest BCUT2D eigenvalue weighted by molar-refractivity contribution is -0.120. The van der Waals surface area contributed by atoms with Gasteiger partial charge in [0.1, 0.15) is 0 Å². The first-order chi connectivity index (χ1) is 10.9. The summed E-state index contributed by atoms with van der Waals surface area (Å²) in [5.74, 6) is -0.0674. The maximum Gasteiger partial charge on any atom is 0.234 e. The number of amides is 1. The van der Waals surface area contributed by atoms with Crippen LogP contribution in [0.4, 0.5) is 5.69 Å². The van der Waals surface area contributed by atoms with E-state index in [1.807, 2.05) is 63.4 Å². The summed E-state index contributed by atoms with van der Waals surface area (Å²) in [6.07, 6.45) is 1.91. The summed E-state index contributed by atoms with van der Waals surface area (Å²) in [5, 5.41) is 4.68. The molecule has 1 aromatic heterocycles. The van der Waals surface area contributed by atoms with Crippen LogP contribution in [-0.4, -0.2) is 10.9 Å². The summed E-state index contributed by atoms with van der Waals surface area (Å²) in [5.41, 5.74) is 3.03. The second kappa shape index (κ2) is 5.74. The van der Waals surface area contributed by atoms with E-state index < -0.39 is 5.41 Å². The number of hydrogen-bond donors (Lipinski definition) is 2. The van der Waals surface area contributed by atoms with E-state index in [1.165, 1.54) is 0 Å². The minimum Gasteiger partial charge on any atom is -0.361 e. The van der Waals surface area contributed by atoms with Crippen molar-refractivity contribution in [3.05, 3.63) is 64.8 Å². The van der Waals surface area contributed by atoms with E-state index in [9.17, 15) is 4.79 Å². The molecule has 0 bridgehead atoms. The maximum atomic E-state index is 12.8. The van der Waals surface area contributed by atoms with Gasteiger partial charge in [-0.1, -0.05) is 35.9 Å². The third kappa shape index (κ3) is 2.84. The van der Waals surface area contributed by atoms with Crippen molar-refractivity contribution < 1.29 is 4.79 Å². The Bertz CT molecular complexity index is 880. The number of carbonyl (C=O) groups excluding carboxylic acids is 1. The van der Waals surface area contributed by atoms with Gasteiger partial charge in [0.05, 0.1) is 5.41 Å². The zero-order chi connectivity index (χ0) is 16.6. The molecule has 0 aliphatic carbocycles. The summed E-state index contributed by atoms with van der Waals surface area (Å²) < 4.78 is 0. The Balaban J connectivity index is 1.92. The number of aryl methyl sites for hydroxylation is 1. The van der Waals surface area contributed by atoms with Crippen molar-refractivity contribution in [1.82, 2.24) is 4.98 Å². The van der Waals surface area contributed by atoms with E-state index in [-0.39, 0.29) is 5.91 Å². The lowest BCUT2D eigenvalue weighted by Crippen LogP contribution is -2.34. The molecule has 3 aromatic rings. The van der Waals surface area contributed by atoms with Crippen molar-refractivity contribution >= 4 is 34.1 Å². The van der Waals surface area contributed by atoms with Gasteiger partial charge in [-0.05, 0) is 50.1 Å². The van der Waals surface area contributed by atoms with Gasteiger partial charge in [-0.15, -0.1) is 0 Å². The Morgan fingerprint density at radius 1 is 1.17 bits per heavy atom. The van der Waals surface area contributed by atoms with Gasteiger partial charge in [-0.2, -0.15) is 0 Å². The van der Waals surface area contributed by atoms with Gasteiger partial charge in [0, 0.05) is 27.8 Å². The van der Waals surface area contributed by atoms with E-state index in [1.54, 1.807) is 6.07 Å². The highest BCUT2D eigenvalue weighted by molar-refractivity contribution is 6.31. The molecule has 1 amide bonds. The van der Waals surface area contributed by atoms with Crippen molar-refractivity contribution in [3.63, 3.8) is 0 Å². The fourth-order valence-corrected chi connectivity index (χ4v) is 2.85. The van der Waals surface area contributed by atoms with Crippen molar-refractivity contribution in [3.8, 4) is 0 Å². The zero-order valence-corrected chi connectivity index (χ0v) is 14.2. The molecular weight excluding hydrogens is 308 g/mol. The Kier molecular flexibility index (Phi) is 3.90. The number of fused-ring (bicyclic) bond motifs is 1. The van der Waals surface area contributed by atoms with Gasteiger partial charge in [0.2, 0.25) is 5.91 Å². The molecule has 0 saturated carbocycles. The average Bonchev–Trinajstić information content (AvgIpc) is 2.95. The van der Waals surface area contributed by atoms with Gasteiger partial charge in [-0.3, -0.25) is 4.79 Å². The molecule has 2 aromatic carbocycles. The van der Waals surface area contributed by atoms with Crippen LogP contribution >= 0.6 is 11.6 Å². The van der Waals surface area contributed by atoms with Gasteiger partial charge in [0.25, 0.3) is 0 Å². The highest BCUT2D eigenvalue weighted by Crippen LogP contribution is 2.32. The van der Waals surface area contributed by atoms with E-state index in [0.717, 1.165) is 22.0 Å². The molecule has 0 spiro atoms. The average molecular weight is 327 g/mol. The van der Waals surface area contributed by atoms with Gasteiger partial charge < -0.3 is 10.3 Å². The van der Waals surface area contributed by atoms with Crippen molar-refractivity contribution in [2.75, 3.05) is 5.32 Å². The summed E-state index contributed by atoms with van der Waals surface area (Å²) >= 11 is 6.13. The Hall–Kier alpha value is -2.26. The van der Waals surface area contributed by atoms with Crippen LogP contribution in [-0.2, 0) is 10.2 Å². The Labute approximate surface area is 140 Å². The smallest absolute Gasteiger partial charge is 0.234 e. The van der Waals surface area contributed by atoms with Crippen molar-refractivity contribution in [1.29, 1.82) is 0 Å². The van der Waals surface area contributed by atoms with Crippen LogP contribution in [0.2, 0.25) is 5.02 Å². The summed E-state index contributed by atoms with van der Waals surface area (Å²) in [7, 11) is 0. The number of aromatic nitrogens is 1. The van der Waals surface area contributed by atoms with E-state index >= 15 is 0 Å². The van der Waals surface area contributed by atoms with Crippen LogP contribution in [0.3, 0.4) is 0 Å². The third-order valence-corrected chi connectivity index (χ3v) is 4.67. The molecule has 118 valence electrons. The molecule has 0 aliphatic rings. The first kappa shape index (κ1) is 15.6. The summed E-state index contributed by atoms with van der Waals surface area (Å²) in [6, 6.07) is 13.5. The van der Waals surface area contributed by atoms with Crippen LogP contribution < -0.4 is 5.32 Å². The fraction of sp³-hybridized carbons (Fsp3) is 0.211. The van der Waals surface area contributed by atoms with Gasteiger partial charge in [0.15, 0.2) is 0 Å². The third-order valence-electron chi connectivity index (χ3n) is 4.26. The van der Waals surface area contributed by atoms with E-state index in [2.05, 4.69) is 10.3 Å². The maximum absolute atomic E-state index is 12.8. The van der Waals surface area contributed by atoms with Gasteiger partial charge >= 0.3 is 0 Å². The summed E-state index contributed by atoms with van der Waals surface area (Å²) in [6.45, 7) is 5.78. The monoisotopic (exact) mass is 326 g/mol. The van der Waals surface area contributed by atoms with Crippen LogP contribution in [0, 0.1) is 6.92 Å². The quantitative estimate of drug-likeness (QED) is 0.695. The molecule has 0 unspecified atom stereocenters. The number of carbonyl (C=O) groups is 1. The number of hydrogen-bond acceptors (Lipinski definition) is 1. The molecule has 3 nitrogen and oxygen atoms in total. The Morgan fingerprint density at radius 3 is 2.65 bits per heavy atom. The van der Waals surface area contributed by atoms with E-state index in [4.69, 9.17) is 11.6 Å². The number of H-pyrrole nitrogens is 1. The number of rotatable bonds is 3. The minimum absolute atomic E-state index is 0.0674. The predicted molar refractivity (Wildman–Crippen MR) is 96.1 cm³/mol. The topological polar surface area (TPSA) is 44.9 Å². The lowest BCUT2D eigenvalue weighted by Gasteiger charge is -2.23. The number of benzene rings is 2. The number of para-hydroxylation sites is 1. The molecule has 1 heterocycles. The first-order valence-electron chi connectivity index (χ1n) is 7.54. The molecule has 0 fully saturated rings.